The molecule has 0 fully saturated rings. The summed E-state index contributed by atoms with van der Waals surface area (Å²) in [6.45, 7) is 3.16. The van der Waals surface area contributed by atoms with E-state index in [0.717, 1.165) is 0 Å². The zero-order valence-electron chi connectivity index (χ0n) is 10.2. The van der Waals surface area contributed by atoms with E-state index < -0.39 is 5.97 Å². The number of methoxy groups -OCH3 is 1. The monoisotopic (exact) mass is 243 g/mol. The predicted octanol–water partition coefficient (Wildman–Crippen LogP) is 0.523. The second-order valence-electron chi connectivity index (χ2n) is 3.13. The maximum Gasteiger partial charge on any atom is 0.354 e. The summed E-state index contributed by atoms with van der Waals surface area (Å²) in [5.74, 6) is -1.37. The van der Waals surface area contributed by atoms with Crippen molar-refractivity contribution in [3.63, 3.8) is 0 Å². The minimum atomic E-state index is -0.618. The van der Waals surface area contributed by atoms with Crippen molar-refractivity contribution in [1.29, 1.82) is 0 Å². The zero-order valence-corrected chi connectivity index (χ0v) is 10.2. The second kappa shape index (κ2) is 8.32. The molecule has 0 atom stereocenters. The van der Waals surface area contributed by atoms with E-state index in [0.29, 0.717) is 6.42 Å². The molecule has 0 aliphatic carbocycles. The lowest BCUT2D eigenvalue weighted by molar-refractivity contribution is -0.141. The molecule has 0 rings (SSSR count). The van der Waals surface area contributed by atoms with Crippen molar-refractivity contribution in [2.45, 2.75) is 26.7 Å². The van der Waals surface area contributed by atoms with Gasteiger partial charge in [0.15, 0.2) is 0 Å². The fourth-order valence-corrected chi connectivity index (χ4v) is 1.02. The van der Waals surface area contributed by atoms with Crippen LogP contribution in [0, 0.1) is 0 Å². The summed E-state index contributed by atoms with van der Waals surface area (Å²) in [5, 5.41) is 2.35. The number of nitrogens with one attached hydrogen (secondary N) is 1. The summed E-state index contributed by atoms with van der Waals surface area (Å²) in [7, 11) is 1.28. The number of hydrogen-bond acceptors (Lipinski definition) is 5. The van der Waals surface area contributed by atoms with Gasteiger partial charge in [-0.3, -0.25) is 9.59 Å². The molecule has 0 aromatic carbocycles. The van der Waals surface area contributed by atoms with Crippen LogP contribution in [-0.4, -0.2) is 31.6 Å². The number of esters is 2. The Hall–Kier alpha value is -1.85. The molecule has 0 spiro atoms. The topological polar surface area (TPSA) is 81.7 Å². The SMILES string of the molecule is CCOC(=O)/C(=C/CCC(=O)OC)NC(C)=O. The van der Waals surface area contributed by atoms with Gasteiger partial charge < -0.3 is 14.8 Å². The Morgan fingerprint density at radius 2 is 1.94 bits per heavy atom. The number of ether oxygens (including phenoxy) is 2. The lowest BCUT2D eigenvalue weighted by Crippen LogP contribution is -2.26. The van der Waals surface area contributed by atoms with Gasteiger partial charge in [-0.1, -0.05) is 6.08 Å². The number of carbonyl (C=O) groups excluding carboxylic acids is 3. The maximum atomic E-state index is 11.4. The van der Waals surface area contributed by atoms with Gasteiger partial charge in [0, 0.05) is 13.3 Å². The largest absolute Gasteiger partial charge is 0.469 e. The highest BCUT2D eigenvalue weighted by Crippen LogP contribution is 2.00. The smallest absolute Gasteiger partial charge is 0.354 e. The Morgan fingerprint density at radius 3 is 2.41 bits per heavy atom. The van der Waals surface area contributed by atoms with Crippen LogP contribution in [0.1, 0.15) is 26.7 Å². The molecule has 6 nitrogen and oxygen atoms in total. The number of allylic oxidation sites excluding steroid dienone is 1. The number of rotatable bonds is 6. The maximum absolute atomic E-state index is 11.4. The lowest BCUT2D eigenvalue weighted by Gasteiger charge is -2.07. The molecular formula is C11H17NO5. The van der Waals surface area contributed by atoms with Crippen molar-refractivity contribution in [2.24, 2.45) is 0 Å². The van der Waals surface area contributed by atoms with Crippen LogP contribution in [-0.2, 0) is 23.9 Å². The van der Waals surface area contributed by atoms with E-state index in [2.05, 4.69) is 10.1 Å². The number of hydrogen-bond donors (Lipinski definition) is 1. The molecule has 0 saturated heterocycles. The van der Waals surface area contributed by atoms with Gasteiger partial charge in [-0.25, -0.2) is 4.79 Å². The van der Waals surface area contributed by atoms with Crippen molar-refractivity contribution >= 4 is 17.8 Å². The fourth-order valence-electron chi connectivity index (χ4n) is 1.02. The van der Waals surface area contributed by atoms with E-state index in [4.69, 9.17) is 4.74 Å². The van der Waals surface area contributed by atoms with Gasteiger partial charge in [0.25, 0.3) is 0 Å². The van der Waals surface area contributed by atoms with Crippen LogP contribution < -0.4 is 5.32 Å². The molecule has 6 heteroatoms. The number of carbonyl (C=O) groups is 3. The van der Waals surface area contributed by atoms with Crippen LogP contribution in [0.5, 0.6) is 0 Å². The van der Waals surface area contributed by atoms with E-state index >= 15 is 0 Å². The standard InChI is InChI=1S/C11H17NO5/c1-4-17-11(15)9(12-8(2)13)6-5-7-10(14)16-3/h6H,4-5,7H2,1-3H3,(H,12,13)/b9-6-. The summed E-state index contributed by atoms with van der Waals surface area (Å²) < 4.78 is 9.20. The van der Waals surface area contributed by atoms with E-state index in [1.807, 2.05) is 0 Å². The quantitative estimate of drug-likeness (QED) is 0.543. The van der Waals surface area contributed by atoms with Gasteiger partial charge >= 0.3 is 11.9 Å². The Kier molecular flexibility index (Phi) is 7.41. The molecule has 1 N–H and O–H groups in total. The molecule has 17 heavy (non-hydrogen) atoms. The van der Waals surface area contributed by atoms with E-state index in [1.165, 1.54) is 20.1 Å². The zero-order chi connectivity index (χ0) is 13.3. The van der Waals surface area contributed by atoms with Crippen molar-refractivity contribution < 1.29 is 23.9 Å². The molecule has 0 aliphatic heterocycles. The molecule has 0 unspecified atom stereocenters. The normalized spacial score (nSPS) is 10.6. The third-order valence-electron chi connectivity index (χ3n) is 1.73. The first-order valence-corrected chi connectivity index (χ1v) is 5.23. The van der Waals surface area contributed by atoms with Gasteiger partial charge in [-0.05, 0) is 13.3 Å². The van der Waals surface area contributed by atoms with Crippen molar-refractivity contribution in [3.05, 3.63) is 11.8 Å². The molecule has 0 aliphatic rings. The van der Waals surface area contributed by atoms with Crippen molar-refractivity contribution in [3.8, 4) is 0 Å². The van der Waals surface area contributed by atoms with Crippen LogP contribution >= 0.6 is 0 Å². The summed E-state index contributed by atoms with van der Waals surface area (Å²) in [4.78, 5) is 33.1. The lowest BCUT2D eigenvalue weighted by atomic mass is 10.2. The Balaban J connectivity index is 4.45. The summed E-state index contributed by atoms with van der Waals surface area (Å²) >= 11 is 0. The highest BCUT2D eigenvalue weighted by molar-refractivity contribution is 5.93. The second-order valence-corrected chi connectivity index (χ2v) is 3.13. The molecule has 0 bridgehead atoms. The average Bonchev–Trinajstić information content (AvgIpc) is 2.27. The van der Waals surface area contributed by atoms with Crippen LogP contribution in [0.15, 0.2) is 11.8 Å². The third-order valence-corrected chi connectivity index (χ3v) is 1.73. The summed E-state index contributed by atoms with van der Waals surface area (Å²) in [5.41, 5.74) is 0.0447. The molecule has 0 radical (unpaired) electrons. The van der Waals surface area contributed by atoms with Gasteiger partial charge in [0.1, 0.15) is 5.70 Å². The Labute approximate surface area is 100.0 Å². The first kappa shape index (κ1) is 15.2. The molecule has 1 amide bonds. The van der Waals surface area contributed by atoms with Gasteiger partial charge in [0.05, 0.1) is 13.7 Å². The molecule has 0 aromatic heterocycles. The third kappa shape index (κ3) is 7.10. The van der Waals surface area contributed by atoms with E-state index in [-0.39, 0.29) is 30.6 Å². The molecule has 96 valence electrons. The van der Waals surface area contributed by atoms with Gasteiger partial charge in [-0.15, -0.1) is 0 Å². The summed E-state index contributed by atoms with van der Waals surface area (Å²) in [6, 6.07) is 0. The highest BCUT2D eigenvalue weighted by atomic mass is 16.5. The van der Waals surface area contributed by atoms with Crippen molar-refractivity contribution in [2.75, 3.05) is 13.7 Å². The molecule has 0 aromatic rings. The van der Waals surface area contributed by atoms with E-state index in [1.54, 1.807) is 6.92 Å². The average molecular weight is 243 g/mol. The van der Waals surface area contributed by atoms with Gasteiger partial charge in [0.2, 0.25) is 5.91 Å². The first-order valence-electron chi connectivity index (χ1n) is 5.23. The van der Waals surface area contributed by atoms with Crippen LogP contribution in [0.2, 0.25) is 0 Å². The van der Waals surface area contributed by atoms with Crippen LogP contribution in [0.25, 0.3) is 0 Å². The van der Waals surface area contributed by atoms with Crippen molar-refractivity contribution in [1.82, 2.24) is 5.32 Å². The fraction of sp³-hybridized carbons (Fsp3) is 0.545. The Morgan fingerprint density at radius 1 is 1.29 bits per heavy atom. The van der Waals surface area contributed by atoms with Crippen LogP contribution in [0.4, 0.5) is 0 Å². The number of amides is 1. The van der Waals surface area contributed by atoms with Gasteiger partial charge in [-0.2, -0.15) is 0 Å². The highest BCUT2D eigenvalue weighted by Gasteiger charge is 2.11. The minimum Gasteiger partial charge on any atom is -0.469 e. The Bertz CT molecular complexity index is 322. The predicted molar refractivity (Wildman–Crippen MR) is 59.8 cm³/mol. The molecule has 0 heterocycles. The molecular weight excluding hydrogens is 226 g/mol. The molecule has 0 saturated carbocycles. The minimum absolute atomic E-state index is 0.0447. The van der Waals surface area contributed by atoms with Crippen LogP contribution in [0.3, 0.4) is 0 Å². The first-order chi connectivity index (χ1) is 8.01. The van der Waals surface area contributed by atoms with E-state index in [9.17, 15) is 14.4 Å². The summed E-state index contributed by atoms with van der Waals surface area (Å²) in [6.07, 6.45) is 1.87.